The summed E-state index contributed by atoms with van der Waals surface area (Å²) >= 11 is 0. The first kappa shape index (κ1) is 16.3. The average molecular weight is 325 g/mol. The first-order chi connectivity index (χ1) is 11.6. The number of amides is 2. The minimum atomic E-state index is -0.0537. The van der Waals surface area contributed by atoms with Crippen molar-refractivity contribution in [3.05, 3.63) is 54.4 Å². The zero-order chi connectivity index (χ0) is 16.9. The number of rotatable bonds is 5. The Morgan fingerprint density at radius 3 is 2.54 bits per heavy atom. The summed E-state index contributed by atoms with van der Waals surface area (Å²) in [5.41, 5.74) is 1.30. The van der Waals surface area contributed by atoms with Crippen molar-refractivity contribution in [3.8, 4) is 0 Å². The fraction of sp³-hybridized carbons (Fsp3) is 0.368. The van der Waals surface area contributed by atoms with E-state index in [0.29, 0.717) is 17.7 Å². The van der Waals surface area contributed by atoms with Crippen LogP contribution in [0, 0.1) is 0 Å². The Kier molecular flexibility index (Phi) is 4.99. The normalized spacial score (nSPS) is 15.3. The highest BCUT2D eigenvalue weighted by atomic mass is 16.2. The van der Waals surface area contributed by atoms with Crippen molar-refractivity contribution in [3.63, 3.8) is 0 Å². The quantitative estimate of drug-likeness (QED) is 0.917. The molecule has 3 rings (SSSR count). The highest BCUT2D eigenvalue weighted by Gasteiger charge is 2.19. The molecule has 126 valence electrons. The van der Waals surface area contributed by atoms with Crippen LogP contribution in [-0.4, -0.2) is 34.4 Å². The minimum Gasteiger partial charge on any atom is -0.351 e. The lowest BCUT2D eigenvalue weighted by molar-refractivity contribution is -0.116. The molecular formula is C19H23N3O2. The number of carbonyl (C=O) groups excluding carboxylic acids is 2. The van der Waals surface area contributed by atoms with Crippen LogP contribution in [0.25, 0.3) is 0 Å². The number of hydrogen-bond donors (Lipinski definition) is 1. The zero-order valence-electron chi connectivity index (χ0n) is 13.9. The molecule has 0 spiro atoms. The summed E-state index contributed by atoms with van der Waals surface area (Å²) in [6.45, 7) is 3.65. The molecule has 1 fully saturated rings. The van der Waals surface area contributed by atoms with Crippen LogP contribution in [0.2, 0.25) is 0 Å². The number of carbonyl (C=O) groups is 2. The molecule has 2 aromatic rings. The Bertz CT molecular complexity index is 703. The first-order valence-corrected chi connectivity index (χ1v) is 8.45. The van der Waals surface area contributed by atoms with Crippen molar-refractivity contribution in [1.29, 1.82) is 0 Å². The largest absolute Gasteiger partial charge is 0.351 e. The summed E-state index contributed by atoms with van der Waals surface area (Å²) in [7, 11) is 0. The van der Waals surface area contributed by atoms with E-state index in [0.717, 1.165) is 25.9 Å². The van der Waals surface area contributed by atoms with E-state index in [9.17, 15) is 9.59 Å². The molecule has 1 aliphatic rings. The molecule has 1 saturated heterocycles. The molecule has 0 aliphatic carbocycles. The molecular weight excluding hydrogens is 302 g/mol. The van der Waals surface area contributed by atoms with Crippen molar-refractivity contribution >= 4 is 17.5 Å². The van der Waals surface area contributed by atoms with E-state index in [1.807, 2.05) is 53.0 Å². The van der Waals surface area contributed by atoms with Gasteiger partial charge >= 0.3 is 0 Å². The van der Waals surface area contributed by atoms with E-state index in [1.165, 1.54) is 0 Å². The van der Waals surface area contributed by atoms with Gasteiger partial charge in [-0.3, -0.25) is 9.59 Å². The third kappa shape index (κ3) is 3.85. The van der Waals surface area contributed by atoms with Crippen LogP contribution >= 0.6 is 0 Å². The molecule has 0 bridgehead atoms. The van der Waals surface area contributed by atoms with Crippen molar-refractivity contribution in [1.82, 2.24) is 9.47 Å². The van der Waals surface area contributed by atoms with Gasteiger partial charge in [-0.1, -0.05) is 6.07 Å². The van der Waals surface area contributed by atoms with Crippen LogP contribution in [0.15, 0.2) is 48.8 Å². The fourth-order valence-electron chi connectivity index (χ4n) is 3.06. The van der Waals surface area contributed by atoms with E-state index >= 15 is 0 Å². The Hall–Kier alpha value is -2.56. The lowest BCUT2D eigenvalue weighted by atomic mass is 10.1. The summed E-state index contributed by atoms with van der Waals surface area (Å²) in [6, 6.07) is 11.2. The lowest BCUT2D eigenvalue weighted by Crippen LogP contribution is -2.27. The molecule has 2 amide bonds. The van der Waals surface area contributed by atoms with Gasteiger partial charge in [0.05, 0.1) is 0 Å². The molecule has 1 aromatic heterocycles. The van der Waals surface area contributed by atoms with Crippen LogP contribution < -0.4 is 5.32 Å². The van der Waals surface area contributed by atoms with E-state index in [4.69, 9.17) is 0 Å². The van der Waals surface area contributed by atoms with Crippen molar-refractivity contribution in [2.75, 3.05) is 18.4 Å². The zero-order valence-corrected chi connectivity index (χ0v) is 13.9. The molecule has 1 N–H and O–H groups in total. The predicted molar refractivity (Wildman–Crippen MR) is 94.0 cm³/mol. The maximum absolute atomic E-state index is 12.4. The van der Waals surface area contributed by atoms with Gasteiger partial charge in [0.1, 0.15) is 0 Å². The molecule has 5 heteroatoms. The Morgan fingerprint density at radius 1 is 1.12 bits per heavy atom. The van der Waals surface area contributed by atoms with Crippen LogP contribution in [0.1, 0.15) is 42.6 Å². The third-order valence-electron chi connectivity index (χ3n) is 4.40. The van der Waals surface area contributed by atoms with Gasteiger partial charge in [0.15, 0.2) is 0 Å². The Morgan fingerprint density at radius 2 is 1.83 bits per heavy atom. The van der Waals surface area contributed by atoms with Crippen LogP contribution in [0.5, 0.6) is 0 Å². The van der Waals surface area contributed by atoms with E-state index in [-0.39, 0.29) is 17.9 Å². The number of aromatic nitrogens is 1. The molecule has 1 aromatic carbocycles. The van der Waals surface area contributed by atoms with Crippen molar-refractivity contribution < 1.29 is 9.59 Å². The topological polar surface area (TPSA) is 54.3 Å². The number of nitrogens with zero attached hydrogens (tertiary/aromatic N) is 2. The Balaban J connectivity index is 1.61. The number of hydrogen-bond acceptors (Lipinski definition) is 2. The molecule has 5 nitrogen and oxygen atoms in total. The summed E-state index contributed by atoms with van der Waals surface area (Å²) in [5.74, 6) is -0.00807. The highest BCUT2D eigenvalue weighted by Crippen LogP contribution is 2.18. The number of anilines is 1. The van der Waals surface area contributed by atoms with Crippen LogP contribution in [0.4, 0.5) is 5.69 Å². The summed E-state index contributed by atoms with van der Waals surface area (Å²) in [6.07, 6.45) is 6.43. The van der Waals surface area contributed by atoms with Crippen molar-refractivity contribution in [2.24, 2.45) is 0 Å². The molecule has 1 unspecified atom stereocenters. The van der Waals surface area contributed by atoms with E-state index in [1.54, 1.807) is 12.1 Å². The van der Waals surface area contributed by atoms with Gasteiger partial charge < -0.3 is 14.8 Å². The summed E-state index contributed by atoms with van der Waals surface area (Å²) < 4.78 is 2.01. The van der Waals surface area contributed by atoms with Gasteiger partial charge in [0.25, 0.3) is 5.91 Å². The standard InChI is InChI=1S/C19H23N3O2/c1-15(21-9-2-3-10-21)13-18(23)20-17-8-6-7-16(14-17)19(24)22-11-4-5-12-22/h2-3,6-10,14-15H,4-5,11-13H2,1H3,(H,20,23). The maximum atomic E-state index is 12.4. The van der Waals surface area contributed by atoms with Crippen molar-refractivity contribution in [2.45, 2.75) is 32.2 Å². The van der Waals surface area contributed by atoms with Gasteiger partial charge in [0, 0.05) is 49.2 Å². The predicted octanol–water partition coefficient (Wildman–Crippen LogP) is 3.31. The minimum absolute atomic E-state index is 0.0457. The summed E-state index contributed by atoms with van der Waals surface area (Å²) in [5, 5.41) is 2.90. The summed E-state index contributed by atoms with van der Waals surface area (Å²) in [4.78, 5) is 26.5. The van der Waals surface area contributed by atoms with Gasteiger partial charge in [-0.25, -0.2) is 0 Å². The molecule has 24 heavy (non-hydrogen) atoms. The van der Waals surface area contributed by atoms with E-state index in [2.05, 4.69) is 5.32 Å². The molecule has 2 heterocycles. The fourth-order valence-corrected chi connectivity index (χ4v) is 3.06. The average Bonchev–Trinajstić information content (AvgIpc) is 3.27. The van der Waals surface area contributed by atoms with Crippen LogP contribution in [0.3, 0.4) is 0 Å². The van der Waals surface area contributed by atoms with Gasteiger partial charge in [0.2, 0.25) is 5.91 Å². The maximum Gasteiger partial charge on any atom is 0.253 e. The number of benzene rings is 1. The second-order valence-corrected chi connectivity index (χ2v) is 6.31. The molecule has 0 radical (unpaired) electrons. The third-order valence-corrected chi connectivity index (χ3v) is 4.40. The first-order valence-electron chi connectivity index (χ1n) is 8.45. The number of nitrogens with one attached hydrogen (secondary N) is 1. The molecule has 1 atom stereocenters. The Labute approximate surface area is 142 Å². The molecule has 1 aliphatic heterocycles. The highest BCUT2D eigenvalue weighted by molar-refractivity contribution is 5.97. The second-order valence-electron chi connectivity index (χ2n) is 6.31. The smallest absolute Gasteiger partial charge is 0.253 e. The second kappa shape index (κ2) is 7.34. The molecule has 0 saturated carbocycles. The van der Waals surface area contributed by atoms with Gasteiger partial charge in [-0.05, 0) is 50.1 Å². The van der Waals surface area contributed by atoms with Gasteiger partial charge in [-0.2, -0.15) is 0 Å². The lowest BCUT2D eigenvalue weighted by Gasteiger charge is -2.16. The monoisotopic (exact) mass is 325 g/mol. The van der Waals surface area contributed by atoms with E-state index < -0.39 is 0 Å². The van der Waals surface area contributed by atoms with Crippen LogP contribution in [-0.2, 0) is 4.79 Å². The van der Waals surface area contributed by atoms with Gasteiger partial charge in [-0.15, -0.1) is 0 Å². The SMILES string of the molecule is CC(CC(=O)Nc1cccc(C(=O)N2CCCC2)c1)n1cccc1. The number of likely N-dealkylation sites (tertiary alicyclic amines) is 1.